The van der Waals surface area contributed by atoms with Crippen molar-refractivity contribution in [1.82, 2.24) is 0 Å². The summed E-state index contributed by atoms with van der Waals surface area (Å²) in [6.07, 6.45) is 0. The van der Waals surface area contributed by atoms with E-state index in [-0.39, 0.29) is 18.4 Å². The topological polar surface area (TPSA) is 64.6 Å². The van der Waals surface area contributed by atoms with Crippen LogP contribution in [-0.2, 0) is 4.79 Å². The second kappa shape index (κ2) is 10.7. The molecule has 0 heterocycles. The molecule has 0 saturated heterocycles. The zero-order valence-corrected chi connectivity index (χ0v) is 20.3. The highest BCUT2D eigenvalue weighted by Crippen LogP contribution is 2.32. The first-order valence-corrected chi connectivity index (χ1v) is 11.2. The van der Waals surface area contributed by atoms with Crippen LogP contribution in [0.25, 0.3) is 0 Å². The molecule has 7 heteroatoms. The van der Waals surface area contributed by atoms with Crippen molar-refractivity contribution in [3.63, 3.8) is 0 Å². The average molecular weight is 517 g/mol. The van der Waals surface area contributed by atoms with Gasteiger partial charge in [0.25, 0.3) is 5.91 Å². The van der Waals surface area contributed by atoms with Crippen molar-refractivity contribution in [2.45, 2.75) is 26.7 Å². The van der Waals surface area contributed by atoms with E-state index in [1.807, 2.05) is 19.1 Å². The Hall–Kier alpha value is -2.83. The van der Waals surface area contributed by atoms with E-state index in [1.54, 1.807) is 48.5 Å². The summed E-state index contributed by atoms with van der Waals surface area (Å²) in [5.74, 6) is 0.424. The molecule has 0 bridgehead atoms. The summed E-state index contributed by atoms with van der Waals surface area (Å²) in [6.45, 7) is 5.86. The van der Waals surface area contributed by atoms with E-state index in [9.17, 15) is 9.59 Å². The van der Waals surface area contributed by atoms with Crippen LogP contribution in [0.5, 0.6) is 11.5 Å². The second-order valence-electron chi connectivity index (χ2n) is 7.54. The first-order valence-electron chi connectivity index (χ1n) is 10.0. The fraction of sp³-hybridized carbons (Fsp3) is 0.200. The Morgan fingerprint density at radius 1 is 1.03 bits per heavy atom. The normalized spacial score (nSPS) is 10.7. The SMILES string of the molecule is Cc1cc(OCC(=O)Oc2ccc(C(=O)Nc3ccc(Cl)cc3)cc2)c(C(C)C)cc1Br. The van der Waals surface area contributed by atoms with Crippen LogP contribution in [0.3, 0.4) is 0 Å². The van der Waals surface area contributed by atoms with Crippen molar-refractivity contribution in [3.8, 4) is 11.5 Å². The number of hydrogen-bond acceptors (Lipinski definition) is 4. The van der Waals surface area contributed by atoms with Crippen LogP contribution in [0, 0.1) is 6.92 Å². The number of carbonyl (C=O) groups is 2. The minimum absolute atomic E-state index is 0.223. The molecule has 0 spiro atoms. The third-order valence-electron chi connectivity index (χ3n) is 4.71. The predicted octanol–water partition coefficient (Wildman–Crippen LogP) is 6.77. The maximum atomic E-state index is 12.4. The number of ether oxygens (including phenoxy) is 2. The van der Waals surface area contributed by atoms with Crippen LogP contribution < -0.4 is 14.8 Å². The number of carbonyl (C=O) groups excluding carboxylic acids is 2. The lowest BCUT2D eigenvalue weighted by molar-refractivity contribution is -0.136. The summed E-state index contributed by atoms with van der Waals surface area (Å²) < 4.78 is 12.1. The Morgan fingerprint density at radius 3 is 2.31 bits per heavy atom. The minimum Gasteiger partial charge on any atom is -0.482 e. The van der Waals surface area contributed by atoms with E-state index in [4.69, 9.17) is 21.1 Å². The van der Waals surface area contributed by atoms with Crippen molar-refractivity contribution >= 4 is 45.1 Å². The molecule has 166 valence electrons. The molecule has 0 aliphatic rings. The zero-order valence-electron chi connectivity index (χ0n) is 17.9. The lowest BCUT2D eigenvalue weighted by Crippen LogP contribution is -2.18. The molecule has 0 aromatic heterocycles. The summed E-state index contributed by atoms with van der Waals surface area (Å²) in [5.41, 5.74) is 3.09. The van der Waals surface area contributed by atoms with Gasteiger partial charge in [0.15, 0.2) is 6.61 Å². The lowest BCUT2D eigenvalue weighted by atomic mass is 10.0. The van der Waals surface area contributed by atoms with Gasteiger partial charge in [0.2, 0.25) is 0 Å². The smallest absolute Gasteiger partial charge is 0.349 e. The number of benzene rings is 3. The van der Waals surface area contributed by atoms with Gasteiger partial charge in [0.1, 0.15) is 11.5 Å². The summed E-state index contributed by atoms with van der Waals surface area (Å²) in [4.78, 5) is 24.6. The van der Waals surface area contributed by atoms with Crippen molar-refractivity contribution in [2.75, 3.05) is 11.9 Å². The predicted molar refractivity (Wildman–Crippen MR) is 130 cm³/mol. The molecule has 3 aromatic carbocycles. The molecule has 5 nitrogen and oxygen atoms in total. The quantitative estimate of drug-likeness (QED) is 0.278. The van der Waals surface area contributed by atoms with Gasteiger partial charge in [-0.2, -0.15) is 0 Å². The molecule has 1 N–H and O–H groups in total. The Morgan fingerprint density at radius 2 is 1.69 bits per heavy atom. The Balaban J connectivity index is 1.57. The lowest BCUT2D eigenvalue weighted by Gasteiger charge is -2.15. The van der Waals surface area contributed by atoms with Crippen molar-refractivity contribution in [3.05, 3.63) is 86.8 Å². The van der Waals surface area contributed by atoms with Crippen LogP contribution in [0.2, 0.25) is 5.02 Å². The minimum atomic E-state index is -0.529. The van der Waals surface area contributed by atoms with Crippen molar-refractivity contribution in [1.29, 1.82) is 0 Å². The molecule has 1 amide bonds. The molecule has 0 aliphatic carbocycles. The fourth-order valence-corrected chi connectivity index (χ4v) is 3.44. The fourth-order valence-electron chi connectivity index (χ4n) is 2.96. The van der Waals surface area contributed by atoms with E-state index in [2.05, 4.69) is 35.1 Å². The summed E-state index contributed by atoms with van der Waals surface area (Å²) in [7, 11) is 0. The Labute approximate surface area is 200 Å². The van der Waals surface area contributed by atoms with Gasteiger partial charge in [0, 0.05) is 20.7 Å². The van der Waals surface area contributed by atoms with Gasteiger partial charge in [0.05, 0.1) is 0 Å². The molecule has 0 radical (unpaired) electrons. The van der Waals surface area contributed by atoms with Crippen LogP contribution in [0.4, 0.5) is 5.69 Å². The number of nitrogens with one attached hydrogen (secondary N) is 1. The van der Waals surface area contributed by atoms with Gasteiger partial charge in [-0.1, -0.05) is 41.4 Å². The maximum Gasteiger partial charge on any atom is 0.349 e. The largest absolute Gasteiger partial charge is 0.482 e. The van der Waals surface area contributed by atoms with Crippen LogP contribution in [0.1, 0.15) is 41.3 Å². The average Bonchev–Trinajstić information content (AvgIpc) is 2.76. The summed E-state index contributed by atoms with van der Waals surface area (Å²) in [6, 6.07) is 17.0. The Kier molecular flexibility index (Phi) is 7.94. The van der Waals surface area contributed by atoms with Gasteiger partial charge >= 0.3 is 5.97 Å². The van der Waals surface area contributed by atoms with Crippen LogP contribution in [-0.4, -0.2) is 18.5 Å². The number of anilines is 1. The third kappa shape index (κ3) is 6.34. The van der Waals surface area contributed by atoms with E-state index in [0.717, 1.165) is 15.6 Å². The van der Waals surface area contributed by atoms with Crippen LogP contribution in [0.15, 0.2) is 65.1 Å². The first kappa shape index (κ1) is 23.8. The number of halogens is 2. The molecule has 0 aliphatic heterocycles. The standard InChI is InChI=1S/C25H23BrClNO4/c1-15(2)21-13-22(26)16(3)12-23(21)31-14-24(29)32-20-10-4-17(5-11-20)25(30)28-19-8-6-18(27)7-9-19/h4-13,15H,14H2,1-3H3,(H,28,30). The number of amides is 1. The zero-order chi connectivity index (χ0) is 23.3. The molecule has 0 fully saturated rings. The first-order chi connectivity index (χ1) is 15.2. The maximum absolute atomic E-state index is 12.4. The molecule has 32 heavy (non-hydrogen) atoms. The third-order valence-corrected chi connectivity index (χ3v) is 5.82. The summed E-state index contributed by atoms with van der Waals surface area (Å²) in [5, 5.41) is 3.37. The monoisotopic (exact) mass is 515 g/mol. The summed E-state index contributed by atoms with van der Waals surface area (Å²) >= 11 is 9.38. The van der Waals surface area contributed by atoms with Crippen LogP contribution >= 0.6 is 27.5 Å². The molecule has 0 atom stereocenters. The highest BCUT2D eigenvalue weighted by atomic mass is 79.9. The van der Waals surface area contributed by atoms with E-state index in [1.165, 1.54) is 0 Å². The number of hydrogen-bond donors (Lipinski definition) is 1. The van der Waals surface area contributed by atoms with Crippen molar-refractivity contribution in [2.24, 2.45) is 0 Å². The molecule has 3 rings (SSSR count). The molecule has 3 aromatic rings. The van der Waals surface area contributed by atoms with Gasteiger partial charge < -0.3 is 14.8 Å². The second-order valence-corrected chi connectivity index (χ2v) is 8.83. The number of aryl methyl sites for hydroxylation is 1. The highest BCUT2D eigenvalue weighted by molar-refractivity contribution is 9.10. The van der Waals surface area contributed by atoms with E-state index >= 15 is 0 Å². The van der Waals surface area contributed by atoms with Gasteiger partial charge in [-0.25, -0.2) is 4.79 Å². The van der Waals surface area contributed by atoms with E-state index < -0.39 is 5.97 Å². The van der Waals surface area contributed by atoms with Crippen molar-refractivity contribution < 1.29 is 19.1 Å². The highest BCUT2D eigenvalue weighted by Gasteiger charge is 2.14. The molecular weight excluding hydrogens is 494 g/mol. The van der Waals surface area contributed by atoms with Gasteiger partial charge in [-0.15, -0.1) is 0 Å². The number of esters is 1. The van der Waals surface area contributed by atoms with Gasteiger partial charge in [-0.05, 0) is 84.6 Å². The molecule has 0 unspecified atom stereocenters. The van der Waals surface area contributed by atoms with E-state index in [0.29, 0.717) is 27.8 Å². The molecule has 0 saturated carbocycles. The van der Waals surface area contributed by atoms with Gasteiger partial charge in [-0.3, -0.25) is 4.79 Å². The Bertz CT molecular complexity index is 1110. The number of rotatable bonds is 7. The molecular formula is C25H23BrClNO4.